The number of halogens is 3. The smallest absolute Gasteiger partial charge is 0.166 e. The highest BCUT2D eigenvalue weighted by atomic mass is 32.1. The molecule has 3 heterocycles. The van der Waals surface area contributed by atoms with Crippen LogP contribution >= 0.6 is 11.3 Å². The minimum Gasteiger partial charge on any atom is -0.453 e. The van der Waals surface area contributed by atoms with E-state index in [1.54, 1.807) is 18.3 Å². The summed E-state index contributed by atoms with van der Waals surface area (Å²) in [4.78, 5) is 22.3. The molecule has 0 atom stereocenters. The van der Waals surface area contributed by atoms with Gasteiger partial charge in [-0.15, -0.1) is 11.3 Å². The third kappa shape index (κ3) is 6.55. The van der Waals surface area contributed by atoms with Gasteiger partial charge in [-0.2, -0.15) is 0 Å². The van der Waals surface area contributed by atoms with E-state index in [4.69, 9.17) is 4.74 Å². The molecule has 204 valence electrons. The van der Waals surface area contributed by atoms with Gasteiger partial charge in [0.25, 0.3) is 0 Å². The van der Waals surface area contributed by atoms with Crippen molar-refractivity contribution >= 4 is 27.3 Å². The van der Waals surface area contributed by atoms with Crippen molar-refractivity contribution < 1.29 is 22.7 Å². The number of hydrogen-bond acceptors (Lipinski definition) is 6. The van der Waals surface area contributed by atoms with Gasteiger partial charge in [0, 0.05) is 37.8 Å². The molecule has 0 spiro atoms. The summed E-state index contributed by atoms with van der Waals surface area (Å²) in [7, 11) is 0. The minimum absolute atomic E-state index is 0.00289. The largest absolute Gasteiger partial charge is 0.453 e. The summed E-state index contributed by atoms with van der Waals surface area (Å²) in [6, 6.07) is 14.8. The van der Waals surface area contributed by atoms with Crippen LogP contribution in [0.25, 0.3) is 20.8 Å². The first-order valence-corrected chi connectivity index (χ1v) is 13.7. The number of ether oxygens (including phenoxy) is 1. The van der Waals surface area contributed by atoms with Crippen molar-refractivity contribution in [2.75, 3.05) is 6.54 Å². The number of rotatable bonds is 11. The Bertz CT molecular complexity index is 1650. The molecule has 0 aliphatic carbocycles. The highest BCUT2D eigenvalue weighted by Gasteiger charge is 2.15. The summed E-state index contributed by atoms with van der Waals surface area (Å²) in [5, 5.41) is 3.36. The van der Waals surface area contributed by atoms with Crippen LogP contribution in [-0.4, -0.2) is 22.3 Å². The zero-order chi connectivity index (χ0) is 28.1. The number of benzene rings is 2. The van der Waals surface area contributed by atoms with Crippen LogP contribution in [0, 0.1) is 17.5 Å². The molecule has 0 amide bonds. The number of Topliss-reactive ketones (excluding diaryl/α,β-unsaturated/α-hetero) is 1. The molecule has 0 fully saturated rings. The average Bonchev–Trinajstić information content (AvgIpc) is 3.38. The normalized spacial score (nSPS) is 11.2. The van der Waals surface area contributed by atoms with E-state index in [0.29, 0.717) is 16.8 Å². The Morgan fingerprint density at radius 3 is 2.52 bits per heavy atom. The SMILES string of the molecule is CCCNCc1ccc(-c2cc3nccc(Oc4ccc(CC(=O)Cc5cc(F)ccc5F)cc4F)c3s2)nc1. The Balaban J connectivity index is 1.29. The van der Waals surface area contributed by atoms with Crippen LogP contribution in [0.3, 0.4) is 0 Å². The molecule has 0 bridgehead atoms. The Labute approximate surface area is 233 Å². The van der Waals surface area contributed by atoms with Crippen LogP contribution in [0.2, 0.25) is 0 Å². The molecule has 2 aromatic carbocycles. The second-order valence-corrected chi connectivity index (χ2v) is 10.4. The minimum atomic E-state index is -0.655. The number of carbonyl (C=O) groups is 1. The monoisotopic (exact) mass is 561 g/mol. The summed E-state index contributed by atoms with van der Waals surface area (Å²) in [6.45, 7) is 3.83. The first-order valence-electron chi connectivity index (χ1n) is 12.9. The Kier molecular flexibility index (Phi) is 8.52. The standard InChI is InChI=1S/C31H26F3N3O2S/c1-2-10-35-17-20-3-7-26(37-18-20)30-16-27-31(40-30)29(9-11-36-27)39-28-8-4-19(13-25(28)34)12-23(38)15-21-14-22(32)5-6-24(21)33/h3-9,11,13-14,16,18,35H,2,10,12,15,17H2,1H3. The van der Waals surface area contributed by atoms with Gasteiger partial charge in [0.1, 0.15) is 23.2 Å². The first kappa shape index (κ1) is 27.5. The molecule has 0 saturated heterocycles. The van der Waals surface area contributed by atoms with Crippen LogP contribution in [0.5, 0.6) is 11.5 Å². The predicted octanol–water partition coefficient (Wildman–Crippen LogP) is 7.42. The summed E-state index contributed by atoms with van der Waals surface area (Å²) >= 11 is 1.45. The lowest BCUT2D eigenvalue weighted by Crippen LogP contribution is -2.13. The number of nitrogens with zero attached hydrogens (tertiary/aromatic N) is 2. The van der Waals surface area contributed by atoms with Gasteiger partial charge in [0.2, 0.25) is 0 Å². The van der Waals surface area contributed by atoms with E-state index in [9.17, 15) is 18.0 Å². The van der Waals surface area contributed by atoms with Crippen LogP contribution in [0.4, 0.5) is 13.2 Å². The maximum Gasteiger partial charge on any atom is 0.166 e. The summed E-state index contributed by atoms with van der Waals surface area (Å²) in [5.74, 6) is -1.83. The number of ketones is 1. The Hall–Kier alpha value is -4.08. The highest BCUT2D eigenvalue weighted by molar-refractivity contribution is 7.22. The second-order valence-electron chi connectivity index (χ2n) is 9.36. The van der Waals surface area contributed by atoms with Gasteiger partial charge in [-0.3, -0.25) is 14.8 Å². The molecular weight excluding hydrogens is 535 g/mol. The Morgan fingerprint density at radius 2 is 1.75 bits per heavy atom. The van der Waals surface area contributed by atoms with Crippen LogP contribution in [-0.2, 0) is 24.2 Å². The fourth-order valence-electron chi connectivity index (χ4n) is 4.24. The molecule has 5 rings (SSSR count). The number of hydrogen-bond donors (Lipinski definition) is 1. The van der Waals surface area contributed by atoms with E-state index in [-0.39, 0.29) is 29.9 Å². The summed E-state index contributed by atoms with van der Waals surface area (Å²) < 4.78 is 48.9. The van der Waals surface area contributed by atoms with Crippen molar-refractivity contribution in [3.63, 3.8) is 0 Å². The number of carbonyl (C=O) groups excluding carboxylic acids is 1. The number of nitrogens with one attached hydrogen (secondary N) is 1. The predicted molar refractivity (Wildman–Crippen MR) is 150 cm³/mol. The van der Waals surface area contributed by atoms with Gasteiger partial charge in [-0.1, -0.05) is 19.1 Å². The summed E-state index contributed by atoms with van der Waals surface area (Å²) in [6.07, 6.45) is 4.11. The van der Waals surface area contributed by atoms with Crippen molar-refractivity contribution in [2.45, 2.75) is 32.7 Å². The maximum atomic E-state index is 15.0. The van der Waals surface area contributed by atoms with E-state index in [1.165, 1.54) is 23.5 Å². The molecule has 5 aromatic rings. The molecule has 0 saturated carbocycles. The zero-order valence-electron chi connectivity index (χ0n) is 21.7. The van der Waals surface area contributed by atoms with Crippen LogP contribution < -0.4 is 10.1 Å². The van der Waals surface area contributed by atoms with Crippen LogP contribution in [0.1, 0.15) is 30.0 Å². The number of thiophene rings is 1. The fraction of sp³-hybridized carbons (Fsp3) is 0.194. The zero-order valence-corrected chi connectivity index (χ0v) is 22.5. The fourth-order valence-corrected chi connectivity index (χ4v) is 5.28. The molecule has 0 aliphatic rings. The second kappa shape index (κ2) is 12.4. The van der Waals surface area contributed by atoms with Gasteiger partial charge >= 0.3 is 0 Å². The molecule has 0 aliphatic heterocycles. The molecule has 9 heteroatoms. The lowest BCUT2D eigenvalue weighted by Gasteiger charge is -2.09. The third-order valence-corrected chi connectivity index (χ3v) is 7.38. The van der Waals surface area contributed by atoms with Gasteiger partial charge in [0.05, 0.1) is 20.8 Å². The molecule has 3 aromatic heterocycles. The van der Waals surface area contributed by atoms with Crippen molar-refractivity contribution in [3.8, 4) is 22.1 Å². The highest BCUT2D eigenvalue weighted by Crippen LogP contribution is 2.39. The van der Waals surface area contributed by atoms with Gasteiger partial charge in [-0.05, 0) is 72.1 Å². The van der Waals surface area contributed by atoms with Crippen molar-refractivity contribution in [1.82, 2.24) is 15.3 Å². The van der Waals surface area contributed by atoms with E-state index < -0.39 is 17.5 Å². The molecule has 0 unspecified atom stereocenters. The van der Waals surface area contributed by atoms with Crippen LogP contribution in [0.15, 0.2) is 73.1 Å². The van der Waals surface area contributed by atoms with E-state index in [2.05, 4.69) is 22.2 Å². The van der Waals surface area contributed by atoms with Crippen molar-refractivity contribution in [1.29, 1.82) is 0 Å². The lowest BCUT2D eigenvalue weighted by atomic mass is 10.0. The van der Waals surface area contributed by atoms with Gasteiger partial charge in [-0.25, -0.2) is 13.2 Å². The average molecular weight is 562 g/mol. The number of aromatic nitrogens is 2. The van der Waals surface area contributed by atoms with Crippen molar-refractivity contribution in [3.05, 3.63) is 107 Å². The van der Waals surface area contributed by atoms with E-state index in [1.807, 2.05) is 24.4 Å². The van der Waals surface area contributed by atoms with Gasteiger partial charge < -0.3 is 10.1 Å². The number of pyridine rings is 2. The quantitative estimate of drug-likeness (QED) is 0.170. The molecule has 0 radical (unpaired) electrons. The molecule has 1 N–H and O–H groups in total. The Morgan fingerprint density at radius 1 is 0.900 bits per heavy atom. The van der Waals surface area contributed by atoms with E-state index >= 15 is 0 Å². The topological polar surface area (TPSA) is 64.1 Å². The van der Waals surface area contributed by atoms with Crippen molar-refractivity contribution in [2.24, 2.45) is 0 Å². The molecular formula is C31H26F3N3O2S. The number of fused-ring (bicyclic) bond motifs is 1. The van der Waals surface area contributed by atoms with E-state index in [0.717, 1.165) is 58.5 Å². The molecule has 5 nitrogen and oxygen atoms in total. The summed E-state index contributed by atoms with van der Waals surface area (Å²) in [5.41, 5.74) is 3.00. The first-order chi connectivity index (χ1) is 19.4. The lowest BCUT2D eigenvalue weighted by molar-refractivity contribution is -0.117. The maximum absolute atomic E-state index is 15.0. The molecule has 40 heavy (non-hydrogen) atoms. The third-order valence-electron chi connectivity index (χ3n) is 6.22. The van der Waals surface area contributed by atoms with Gasteiger partial charge in [0.15, 0.2) is 11.6 Å².